The summed E-state index contributed by atoms with van der Waals surface area (Å²) in [5.41, 5.74) is 0.408. The third-order valence-electron chi connectivity index (χ3n) is 6.70. The lowest BCUT2D eigenvalue weighted by Gasteiger charge is -2.35. The molecule has 4 heterocycles. The highest BCUT2D eigenvalue weighted by Gasteiger charge is 2.35. The van der Waals surface area contributed by atoms with Gasteiger partial charge in [0.05, 0.1) is 0 Å². The molecule has 3 aliphatic heterocycles. The summed E-state index contributed by atoms with van der Waals surface area (Å²) in [5, 5.41) is 0. The van der Waals surface area contributed by atoms with Crippen molar-refractivity contribution in [2.24, 2.45) is 13.0 Å². The summed E-state index contributed by atoms with van der Waals surface area (Å²) in [6.07, 6.45) is 7.93. The fraction of sp³-hybridized carbons (Fsp3) is 0.714. The molecule has 0 aliphatic carbocycles. The summed E-state index contributed by atoms with van der Waals surface area (Å²) in [6, 6.07) is 1.50. The average Bonchev–Trinajstić information content (AvgIpc) is 3.44. The second-order valence-corrected chi connectivity index (χ2v) is 10.7. The van der Waals surface area contributed by atoms with Crippen molar-refractivity contribution < 1.29 is 18.0 Å². The molecule has 2 amide bonds. The molecule has 1 aromatic rings. The van der Waals surface area contributed by atoms with Gasteiger partial charge in [-0.1, -0.05) is 0 Å². The summed E-state index contributed by atoms with van der Waals surface area (Å²) in [5.74, 6) is -0.00938. The molecule has 1 aromatic heterocycles. The summed E-state index contributed by atoms with van der Waals surface area (Å²) in [4.78, 5) is 29.3. The molecule has 9 heteroatoms. The molecule has 0 unspecified atom stereocenters. The number of hydrogen-bond donors (Lipinski definition) is 0. The van der Waals surface area contributed by atoms with Crippen LogP contribution in [-0.2, 0) is 21.9 Å². The van der Waals surface area contributed by atoms with Gasteiger partial charge in [-0.3, -0.25) is 9.59 Å². The number of piperidine rings is 2. The van der Waals surface area contributed by atoms with E-state index in [0.29, 0.717) is 31.6 Å². The summed E-state index contributed by atoms with van der Waals surface area (Å²) in [7, 11) is -1.96. The molecule has 0 atom stereocenters. The molecule has 3 fully saturated rings. The third-order valence-corrected chi connectivity index (χ3v) is 8.56. The Morgan fingerprint density at radius 1 is 0.867 bits per heavy atom. The van der Waals surface area contributed by atoms with E-state index >= 15 is 0 Å². The molecule has 0 saturated carbocycles. The van der Waals surface area contributed by atoms with E-state index in [-0.39, 0.29) is 22.6 Å². The van der Waals surface area contributed by atoms with Crippen molar-refractivity contribution >= 4 is 21.8 Å². The number of carbonyl (C=O) groups excluding carboxylic acids is 2. The first-order valence-corrected chi connectivity index (χ1v) is 12.6. The number of aromatic nitrogens is 1. The standard InChI is InChI=1S/C21H32N4O4S/c1-22-16-18(15-19(22)21(27)24-11-5-6-12-24)30(28,29)25-13-7-17(8-14-25)20(26)23-9-3-2-4-10-23/h15-17H,2-14H2,1H3. The number of sulfonamides is 1. The number of amides is 2. The predicted octanol–water partition coefficient (Wildman–Crippen LogP) is 1.67. The molecule has 0 N–H and O–H groups in total. The minimum atomic E-state index is -3.68. The highest BCUT2D eigenvalue weighted by molar-refractivity contribution is 7.89. The van der Waals surface area contributed by atoms with Crippen LogP contribution in [-0.4, -0.2) is 78.2 Å². The van der Waals surface area contributed by atoms with E-state index in [1.54, 1.807) is 16.5 Å². The molecular weight excluding hydrogens is 404 g/mol. The van der Waals surface area contributed by atoms with Crippen LogP contribution in [0.3, 0.4) is 0 Å². The van der Waals surface area contributed by atoms with Crippen LogP contribution >= 0.6 is 0 Å². The normalized spacial score (nSPS) is 21.9. The van der Waals surface area contributed by atoms with Gasteiger partial charge in [0.1, 0.15) is 10.6 Å². The first kappa shape index (κ1) is 21.4. The number of carbonyl (C=O) groups is 2. The fourth-order valence-electron chi connectivity index (χ4n) is 4.83. The highest BCUT2D eigenvalue weighted by Crippen LogP contribution is 2.27. The lowest BCUT2D eigenvalue weighted by atomic mass is 9.95. The Balaban J connectivity index is 1.41. The van der Waals surface area contributed by atoms with E-state index < -0.39 is 10.0 Å². The minimum Gasteiger partial charge on any atom is -0.345 e. The third kappa shape index (κ3) is 4.14. The molecule has 8 nitrogen and oxygen atoms in total. The first-order valence-electron chi connectivity index (χ1n) is 11.1. The molecule has 4 rings (SSSR count). The maximum absolute atomic E-state index is 13.2. The maximum Gasteiger partial charge on any atom is 0.270 e. The van der Waals surface area contributed by atoms with E-state index in [1.165, 1.54) is 23.0 Å². The van der Waals surface area contributed by atoms with E-state index in [1.807, 2.05) is 4.90 Å². The van der Waals surface area contributed by atoms with E-state index in [2.05, 4.69) is 0 Å². The average molecular weight is 437 g/mol. The van der Waals surface area contributed by atoms with Crippen LogP contribution in [0, 0.1) is 5.92 Å². The SMILES string of the molecule is Cn1cc(S(=O)(=O)N2CCC(C(=O)N3CCCCC3)CC2)cc1C(=O)N1CCCC1. The first-order chi connectivity index (χ1) is 14.4. The van der Waals surface area contributed by atoms with E-state index in [0.717, 1.165) is 51.9 Å². The summed E-state index contributed by atoms with van der Waals surface area (Å²) >= 11 is 0. The van der Waals surface area contributed by atoms with Gasteiger partial charge in [-0.2, -0.15) is 4.31 Å². The van der Waals surface area contributed by atoms with Crippen molar-refractivity contribution in [3.05, 3.63) is 18.0 Å². The van der Waals surface area contributed by atoms with Gasteiger partial charge >= 0.3 is 0 Å². The fourth-order valence-corrected chi connectivity index (χ4v) is 6.38. The van der Waals surface area contributed by atoms with Gasteiger partial charge in [-0.25, -0.2) is 8.42 Å². The maximum atomic E-state index is 13.2. The zero-order valence-corrected chi connectivity index (χ0v) is 18.6. The topological polar surface area (TPSA) is 82.9 Å². The minimum absolute atomic E-state index is 0.0855. The van der Waals surface area contributed by atoms with Gasteiger partial charge in [0.15, 0.2) is 0 Å². The van der Waals surface area contributed by atoms with Crippen molar-refractivity contribution in [2.45, 2.75) is 49.8 Å². The largest absolute Gasteiger partial charge is 0.345 e. The Morgan fingerprint density at radius 3 is 2.07 bits per heavy atom. The number of aryl methyl sites for hydroxylation is 1. The molecular formula is C21H32N4O4S. The molecule has 0 aromatic carbocycles. The summed E-state index contributed by atoms with van der Waals surface area (Å²) in [6.45, 7) is 3.80. The molecule has 0 radical (unpaired) electrons. The lowest BCUT2D eigenvalue weighted by molar-refractivity contribution is -0.137. The van der Waals surface area contributed by atoms with Gasteiger partial charge in [0, 0.05) is 58.4 Å². The van der Waals surface area contributed by atoms with Crippen LogP contribution < -0.4 is 0 Å². The van der Waals surface area contributed by atoms with E-state index in [9.17, 15) is 18.0 Å². The van der Waals surface area contributed by atoms with Crippen molar-refractivity contribution in [1.82, 2.24) is 18.7 Å². The van der Waals surface area contributed by atoms with Crippen molar-refractivity contribution in [3.63, 3.8) is 0 Å². The molecule has 0 spiro atoms. The zero-order valence-electron chi connectivity index (χ0n) is 17.8. The second-order valence-electron chi connectivity index (χ2n) is 8.74. The Bertz CT molecular complexity index is 890. The number of nitrogens with zero attached hydrogens (tertiary/aromatic N) is 4. The predicted molar refractivity (Wildman–Crippen MR) is 112 cm³/mol. The molecule has 3 saturated heterocycles. The monoisotopic (exact) mass is 436 g/mol. The van der Waals surface area contributed by atoms with Crippen LogP contribution in [0.1, 0.15) is 55.4 Å². The Kier molecular flexibility index (Phi) is 6.20. The van der Waals surface area contributed by atoms with Crippen LogP contribution in [0.2, 0.25) is 0 Å². The van der Waals surface area contributed by atoms with Gasteiger partial charge < -0.3 is 14.4 Å². The van der Waals surface area contributed by atoms with Crippen LogP contribution in [0.15, 0.2) is 17.2 Å². The number of hydrogen-bond acceptors (Lipinski definition) is 4. The van der Waals surface area contributed by atoms with E-state index in [4.69, 9.17) is 0 Å². The molecule has 166 valence electrons. The Labute approximate surface area is 178 Å². The van der Waals surface area contributed by atoms with Gasteiger partial charge in [0.2, 0.25) is 15.9 Å². The van der Waals surface area contributed by atoms with Crippen LogP contribution in [0.5, 0.6) is 0 Å². The quantitative estimate of drug-likeness (QED) is 0.719. The van der Waals surface area contributed by atoms with Crippen molar-refractivity contribution in [1.29, 1.82) is 0 Å². The molecule has 30 heavy (non-hydrogen) atoms. The van der Waals surface area contributed by atoms with Crippen molar-refractivity contribution in [3.8, 4) is 0 Å². The smallest absolute Gasteiger partial charge is 0.270 e. The van der Waals surface area contributed by atoms with Crippen LogP contribution in [0.25, 0.3) is 0 Å². The Hall–Kier alpha value is -1.87. The van der Waals surface area contributed by atoms with Gasteiger partial charge in [-0.15, -0.1) is 0 Å². The second kappa shape index (κ2) is 8.70. The number of rotatable bonds is 4. The van der Waals surface area contributed by atoms with Gasteiger partial charge in [0.25, 0.3) is 5.91 Å². The molecule has 3 aliphatic rings. The van der Waals surface area contributed by atoms with Gasteiger partial charge in [-0.05, 0) is 51.0 Å². The lowest BCUT2D eigenvalue weighted by Crippen LogP contribution is -2.45. The Morgan fingerprint density at radius 2 is 1.43 bits per heavy atom. The van der Waals surface area contributed by atoms with Crippen LogP contribution in [0.4, 0.5) is 0 Å². The summed E-state index contributed by atoms with van der Waals surface area (Å²) < 4.78 is 29.4. The molecule has 0 bridgehead atoms. The zero-order chi connectivity index (χ0) is 21.3. The van der Waals surface area contributed by atoms with Crippen molar-refractivity contribution in [2.75, 3.05) is 39.3 Å². The highest BCUT2D eigenvalue weighted by atomic mass is 32.2. The number of likely N-dealkylation sites (tertiary alicyclic amines) is 2.